The average molecular weight is 527 g/mol. The minimum absolute atomic E-state index is 0.00276. The lowest BCUT2D eigenvalue weighted by molar-refractivity contribution is -0.121. The summed E-state index contributed by atoms with van der Waals surface area (Å²) in [4.78, 5) is 19.4. The van der Waals surface area contributed by atoms with Crippen molar-refractivity contribution >= 4 is 46.2 Å². The first kappa shape index (κ1) is 25.6. The number of aliphatic imine (C=N–C) groups is 1. The maximum atomic E-state index is 14.0. The van der Waals surface area contributed by atoms with Gasteiger partial charge in [0.1, 0.15) is 18.2 Å². The van der Waals surface area contributed by atoms with Gasteiger partial charge < -0.3 is 14.2 Å². The Labute approximate surface area is 218 Å². The number of nitrogens with zero attached hydrogens (tertiary/aromatic N) is 2. The lowest BCUT2D eigenvalue weighted by atomic mass is 10.1. The van der Waals surface area contributed by atoms with Crippen molar-refractivity contribution in [2.45, 2.75) is 13.5 Å². The number of halogens is 2. The van der Waals surface area contributed by atoms with E-state index in [1.54, 1.807) is 50.6 Å². The summed E-state index contributed by atoms with van der Waals surface area (Å²) in [5.41, 5.74) is 1.77. The molecular formula is C27H24ClFN2O4S. The molecule has 1 aliphatic rings. The molecule has 1 heterocycles. The number of ether oxygens (including phenoxy) is 3. The summed E-state index contributed by atoms with van der Waals surface area (Å²) < 4.78 is 30.7. The molecular weight excluding hydrogens is 503 g/mol. The highest BCUT2D eigenvalue weighted by Crippen LogP contribution is 2.40. The van der Waals surface area contributed by atoms with E-state index in [0.717, 1.165) is 5.75 Å². The molecule has 3 aromatic carbocycles. The van der Waals surface area contributed by atoms with Crippen LogP contribution in [0.1, 0.15) is 18.1 Å². The Morgan fingerprint density at radius 3 is 2.56 bits per heavy atom. The standard InChI is InChI=1S/C27H24ClFN2O4S/c1-4-34-23-14-17(13-21(28)25(23)35-16-18-7-5-6-8-22(18)29)15-24-26(32)31(2)27(36-24)30-19-9-11-20(33-3)12-10-19/h5-15H,4,16H2,1-3H3/b24-15+,30-27?. The molecule has 4 rings (SSSR count). The molecule has 0 aliphatic carbocycles. The van der Waals surface area contributed by atoms with Crippen molar-refractivity contribution in [3.8, 4) is 17.2 Å². The van der Waals surface area contributed by atoms with Crippen molar-refractivity contribution < 1.29 is 23.4 Å². The zero-order chi connectivity index (χ0) is 25.7. The van der Waals surface area contributed by atoms with E-state index in [9.17, 15) is 9.18 Å². The Kier molecular flexibility index (Phi) is 8.18. The van der Waals surface area contributed by atoms with E-state index in [2.05, 4.69) is 4.99 Å². The van der Waals surface area contributed by atoms with Gasteiger partial charge in [-0.25, -0.2) is 9.38 Å². The Morgan fingerprint density at radius 2 is 1.86 bits per heavy atom. The molecule has 0 N–H and O–H groups in total. The van der Waals surface area contributed by atoms with E-state index >= 15 is 0 Å². The first-order valence-electron chi connectivity index (χ1n) is 11.1. The van der Waals surface area contributed by atoms with E-state index in [1.165, 1.54) is 22.7 Å². The van der Waals surface area contributed by atoms with Crippen LogP contribution in [-0.2, 0) is 11.4 Å². The van der Waals surface area contributed by atoms with Crippen LogP contribution < -0.4 is 14.2 Å². The number of amides is 1. The lowest BCUT2D eigenvalue weighted by Crippen LogP contribution is -2.23. The second kappa shape index (κ2) is 11.5. The number of hydrogen-bond donors (Lipinski definition) is 0. The fourth-order valence-corrected chi connectivity index (χ4v) is 4.67. The topological polar surface area (TPSA) is 60.4 Å². The Hall–Kier alpha value is -3.49. The van der Waals surface area contributed by atoms with Crippen LogP contribution >= 0.6 is 23.4 Å². The summed E-state index contributed by atoms with van der Waals surface area (Å²) >= 11 is 7.79. The zero-order valence-corrected chi connectivity index (χ0v) is 21.5. The molecule has 186 valence electrons. The third kappa shape index (κ3) is 5.83. The zero-order valence-electron chi connectivity index (χ0n) is 20.0. The van der Waals surface area contributed by atoms with Crippen LogP contribution in [0.15, 0.2) is 70.6 Å². The minimum atomic E-state index is -0.360. The van der Waals surface area contributed by atoms with E-state index in [1.807, 2.05) is 31.2 Å². The molecule has 0 unspecified atom stereocenters. The predicted octanol–water partition coefficient (Wildman–Crippen LogP) is 6.70. The number of carbonyl (C=O) groups is 1. The van der Waals surface area contributed by atoms with Crippen molar-refractivity contribution in [3.63, 3.8) is 0 Å². The smallest absolute Gasteiger partial charge is 0.266 e. The number of carbonyl (C=O) groups excluding carboxylic acids is 1. The molecule has 0 bridgehead atoms. The number of rotatable bonds is 8. The van der Waals surface area contributed by atoms with Gasteiger partial charge in [-0.1, -0.05) is 29.8 Å². The summed E-state index contributed by atoms with van der Waals surface area (Å²) in [7, 11) is 3.28. The second-order valence-corrected chi connectivity index (χ2v) is 9.13. The summed E-state index contributed by atoms with van der Waals surface area (Å²) in [6.07, 6.45) is 1.73. The molecule has 9 heteroatoms. The number of amidine groups is 1. The van der Waals surface area contributed by atoms with Crippen LogP contribution in [0.25, 0.3) is 6.08 Å². The molecule has 0 saturated carbocycles. The molecule has 1 fully saturated rings. The first-order valence-corrected chi connectivity index (χ1v) is 12.3. The molecule has 0 spiro atoms. The van der Waals surface area contributed by atoms with Crippen molar-refractivity contribution in [2.75, 3.05) is 20.8 Å². The van der Waals surface area contributed by atoms with Gasteiger partial charge in [-0.3, -0.25) is 9.69 Å². The molecule has 1 aliphatic heterocycles. The maximum Gasteiger partial charge on any atom is 0.266 e. The number of benzene rings is 3. The van der Waals surface area contributed by atoms with Crippen LogP contribution in [0.2, 0.25) is 5.02 Å². The summed E-state index contributed by atoms with van der Waals surface area (Å²) in [5, 5.41) is 0.845. The van der Waals surface area contributed by atoms with Crippen LogP contribution in [0, 0.1) is 5.82 Å². The van der Waals surface area contributed by atoms with Gasteiger partial charge in [0.05, 0.1) is 29.3 Å². The first-order chi connectivity index (χ1) is 17.4. The van der Waals surface area contributed by atoms with Gasteiger partial charge in [-0.2, -0.15) is 0 Å². The van der Waals surface area contributed by atoms with Gasteiger partial charge in [0.15, 0.2) is 16.7 Å². The van der Waals surface area contributed by atoms with E-state index in [4.69, 9.17) is 25.8 Å². The van der Waals surface area contributed by atoms with Crippen molar-refractivity contribution in [1.29, 1.82) is 0 Å². The molecule has 1 amide bonds. The van der Waals surface area contributed by atoms with Crippen LogP contribution in [0.3, 0.4) is 0 Å². The highest BCUT2D eigenvalue weighted by Gasteiger charge is 2.30. The summed E-state index contributed by atoms with van der Waals surface area (Å²) in [6, 6.07) is 17.1. The van der Waals surface area contributed by atoms with Crippen molar-refractivity contribution in [3.05, 3.63) is 87.5 Å². The molecule has 0 radical (unpaired) electrons. The Morgan fingerprint density at radius 1 is 1.11 bits per heavy atom. The van der Waals surface area contributed by atoms with Crippen LogP contribution in [0.4, 0.5) is 10.1 Å². The number of thioether (sulfide) groups is 1. The minimum Gasteiger partial charge on any atom is -0.497 e. The third-order valence-electron chi connectivity index (χ3n) is 5.26. The summed E-state index contributed by atoms with van der Waals surface area (Å²) in [5.74, 6) is 0.908. The van der Waals surface area contributed by atoms with Crippen LogP contribution in [0.5, 0.6) is 17.2 Å². The van der Waals surface area contributed by atoms with Crippen LogP contribution in [-0.4, -0.2) is 36.7 Å². The third-order valence-corrected chi connectivity index (χ3v) is 6.60. The fourth-order valence-electron chi connectivity index (χ4n) is 3.41. The number of hydrogen-bond acceptors (Lipinski definition) is 6. The van der Waals surface area contributed by atoms with E-state index in [-0.39, 0.29) is 18.3 Å². The van der Waals surface area contributed by atoms with Gasteiger partial charge >= 0.3 is 0 Å². The predicted molar refractivity (Wildman–Crippen MR) is 142 cm³/mol. The van der Waals surface area contributed by atoms with E-state index < -0.39 is 0 Å². The van der Waals surface area contributed by atoms with Gasteiger partial charge in [0, 0.05) is 12.6 Å². The largest absolute Gasteiger partial charge is 0.497 e. The molecule has 1 saturated heterocycles. The van der Waals surface area contributed by atoms with Gasteiger partial charge in [0.25, 0.3) is 5.91 Å². The quantitative estimate of drug-likeness (QED) is 0.306. The molecule has 36 heavy (non-hydrogen) atoms. The second-order valence-electron chi connectivity index (χ2n) is 7.71. The molecule has 3 aromatic rings. The monoisotopic (exact) mass is 526 g/mol. The average Bonchev–Trinajstić information content (AvgIpc) is 3.12. The summed E-state index contributed by atoms with van der Waals surface area (Å²) in [6.45, 7) is 2.21. The van der Waals surface area contributed by atoms with Crippen molar-refractivity contribution in [1.82, 2.24) is 4.90 Å². The highest BCUT2D eigenvalue weighted by molar-refractivity contribution is 8.18. The SMILES string of the molecule is CCOc1cc(/C=C2/SC(=Nc3ccc(OC)cc3)N(C)C2=O)cc(Cl)c1OCc1ccccc1F. The Balaban J connectivity index is 1.58. The highest BCUT2D eigenvalue weighted by atomic mass is 35.5. The molecule has 0 aromatic heterocycles. The molecule has 0 atom stereocenters. The maximum absolute atomic E-state index is 14.0. The molecule has 6 nitrogen and oxygen atoms in total. The lowest BCUT2D eigenvalue weighted by Gasteiger charge is -2.15. The van der Waals surface area contributed by atoms with Gasteiger partial charge in [-0.15, -0.1) is 0 Å². The Bertz CT molecular complexity index is 1330. The fraction of sp³-hybridized carbons (Fsp3) is 0.185. The van der Waals surface area contributed by atoms with Gasteiger partial charge in [0.2, 0.25) is 0 Å². The normalized spacial score (nSPS) is 15.6. The number of methoxy groups -OCH3 is 1. The van der Waals surface area contributed by atoms with Gasteiger partial charge in [-0.05, 0) is 72.8 Å². The van der Waals surface area contributed by atoms with Crippen molar-refractivity contribution in [2.24, 2.45) is 4.99 Å². The van der Waals surface area contributed by atoms with E-state index in [0.29, 0.717) is 50.0 Å². The number of likely N-dealkylation sites (N-methyl/N-ethyl adjacent to an activating group) is 1.